The second-order valence-electron chi connectivity index (χ2n) is 2.65. The molecule has 1 fully saturated rings. The number of carbonyl (C=O) groups excluding carboxylic acids is 1. The van der Waals surface area contributed by atoms with E-state index in [2.05, 4.69) is 5.32 Å². The maximum absolute atomic E-state index is 11.7. The van der Waals surface area contributed by atoms with E-state index in [-0.39, 0.29) is 12.8 Å². The van der Waals surface area contributed by atoms with Crippen molar-refractivity contribution in [1.29, 1.82) is 0 Å². The fourth-order valence-corrected chi connectivity index (χ4v) is 0.929. The van der Waals surface area contributed by atoms with E-state index < -0.39 is 18.3 Å². The summed E-state index contributed by atoms with van der Waals surface area (Å²) in [4.78, 5) is 10.4. The van der Waals surface area contributed by atoms with Gasteiger partial charge in [-0.1, -0.05) is 0 Å². The van der Waals surface area contributed by atoms with Crippen molar-refractivity contribution < 1.29 is 22.7 Å². The number of ether oxygens (including phenoxy) is 1. The van der Waals surface area contributed by atoms with Crippen molar-refractivity contribution >= 4 is 5.91 Å². The number of rotatable bonds is 1. The number of nitrogens with one attached hydrogen (secondary N) is 2. The van der Waals surface area contributed by atoms with Crippen LogP contribution in [0, 0.1) is 0 Å². The summed E-state index contributed by atoms with van der Waals surface area (Å²) in [6.45, 7) is 1.82. The Morgan fingerprint density at radius 1 is 1.62 bits per heavy atom. The number of hydrogen-bond donors (Lipinski definition) is 2. The van der Waals surface area contributed by atoms with Crippen LogP contribution in [0.5, 0.6) is 0 Å². The topological polar surface area (TPSA) is 50.4 Å². The first-order valence-corrected chi connectivity index (χ1v) is 3.66. The molecule has 1 aliphatic rings. The molecule has 2 N–H and O–H groups in total. The highest BCUT2D eigenvalue weighted by molar-refractivity contribution is 5.81. The summed E-state index contributed by atoms with van der Waals surface area (Å²) in [7, 11) is 0. The van der Waals surface area contributed by atoms with Crippen molar-refractivity contribution in [2.45, 2.75) is 25.6 Å². The zero-order valence-electron chi connectivity index (χ0n) is 6.81. The van der Waals surface area contributed by atoms with Crippen LogP contribution in [-0.4, -0.2) is 31.1 Å². The van der Waals surface area contributed by atoms with Crippen molar-refractivity contribution in [2.75, 3.05) is 6.54 Å². The molecule has 0 aromatic carbocycles. The molecule has 1 saturated heterocycles. The molecule has 7 heteroatoms. The highest BCUT2D eigenvalue weighted by Gasteiger charge is 2.40. The maximum Gasteiger partial charge on any atom is 0.471 e. The summed E-state index contributed by atoms with van der Waals surface area (Å²) in [5, 5.41) is 4.42. The molecule has 0 bridgehead atoms. The van der Waals surface area contributed by atoms with E-state index in [4.69, 9.17) is 4.74 Å². The molecule has 0 saturated carbocycles. The van der Waals surface area contributed by atoms with Gasteiger partial charge in [0.25, 0.3) is 0 Å². The Balaban J connectivity index is 2.37. The van der Waals surface area contributed by atoms with Crippen molar-refractivity contribution in [3.8, 4) is 0 Å². The van der Waals surface area contributed by atoms with Crippen molar-refractivity contribution in [1.82, 2.24) is 10.6 Å². The maximum atomic E-state index is 11.7. The third-order valence-corrected chi connectivity index (χ3v) is 1.51. The molecular weight excluding hydrogens is 189 g/mol. The lowest BCUT2D eigenvalue weighted by atomic mass is 10.5. The van der Waals surface area contributed by atoms with E-state index in [1.54, 1.807) is 12.2 Å². The van der Waals surface area contributed by atoms with Crippen molar-refractivity contribution in [2.24, 2.45) is 0 Å². The third kappa shape index (κ3) is 2.85. The molecule has 1 rings (SSSR count). The monoisotopic (exact) mass is 198 g/mol. The van der Waals surface area contributed by atoms with Crippen molar-refractivity contribution in [3.63, 3.8) is 0 Å². The van der Waals surface area contributed by atoms with Gasteiger partial charge in [-0.15, -0.1) is 0 Å². The minimum absolute atomic E-state index is 0.184. The first-order chi connectivity index (χ1) is 5.89. The first-order valence-electron chi connectivity index (χ1n) is 3.66. The SMILES string of the molecule is C[C@H]1NC[C@H](NC(=O)C(F)(F)F)O1. The Morgan fingerprint density at radius 3 is 2.62 bits per heavy atom. The predicted molar refractivity (Wildman–Crippen MR) is 36.5 cm³/mol. The lowest BCUT2D eigenvalue weighted by Gasteiger charge is -2.13. The Hall–Kier alpha value is -0.820. The van der Waals surface area contributed by atoms with Gasteiger partial charge in [0.05, 0.1) is 0 Å². The molecule has 1 heterocycles. The van der Waals surface area contributed by atoms with Gasteiger partial charge < -0.3 is 10.1 Å². The Labute approximate surface area is 72.4 Å². The number of amides is 1. The molecule has 0 aliphatic carbocycles. The Morgan fingerprint density at radius 2 is 2.23 bits per heavy atom. The van der Waals surface area contributed by atoms with Crippen LogP contribution in [0.2, 0.25) is 0 Å². The van der Waals surface area contributed by atoms with Gasteiger partial charge in [0, 0.05) is 6.54 Å². The number of alkyl halides is 3. The quantitative estimate of drug-likeness (QED) is 0.621. The lowest BCUT2D eigenvalue weighted by molar-refractivity contribution is -0.177. The van der Waals surface area contributed by atoms with Gasteiger partial charge in [-0.2, -0.15) is 13.2 Å². The smallest absolute Gasteiger partial charge is 0.339 e. The summed E-state index contributed by atoms with van der Waals surface area (Å²) in [6.07, 6.45) is -6.09. The first kappa shape index (κ1) is 10.3. The van der Waals surface area contributed by atoms with E-state index in [0.717, 1.165) is 0 Å². The van der Waals surface area contributed by atoms with Gasteiger partial charge in [-0.25, -0.2) is 0 Å². The zero-order valence-corrected chi connectivity index (χ0v) is 6.81. The van der Waals surface area contributed by atoms with Gasteiger partial charge in [0.1, 0.15) is 12.5 Å². The van der Waals surface area contributed by atoms with E-state index in [9.17, 15) is 18.0 Å². The second kappa shape index (κ2) is 3.51. The van der Waals surface area contributed by atoms with E-state index in [0.29, 0.717) is 0 Å². The molecule has 1 aliphatic heterocycles. The minimum Gasteiger partial charge on any atom is -0.339 e. The molecule has 0 spiro atoms. The minimum atomic E-state index is -4.85. The Bertz CT molecular complexity index is 207. The van der Waals surface area contributed by atoms with Crippen LogP contribution in [0.25, 0.3) is 0 Å². The standard InChI is InChI=1S/C6H9F3N2O2/c1-3-10-2-4(13-3)11-5(12)6(7,8)9/h3-4,10H,2H2,1H3,(H,11,12)/t3-,4+/m0/s1. The normalized spacial score (nSPS) is 28.9. The summed E-state index contributed by atoms with van der Waals surface area (Å²) in [5.74, 6) is -1.98. The van der Waals surface area contributed by atoms with Gasteiger partial charge >= 0.3 is 12.1 Å². The van der Waals surface area contributed by atoms with Gasteiger partial charge in [-0.05, 0) is 6.92 Å². The van der Waals surface area contributed by atoms with Crippen LogP contribution < -0.4 is 10.6 Å². The Kier molecular flexibility index (Phi) is 2.77. The largest absolute Gasteiger partial charge is 0.471 e. The predicted octanol–water partition coefficient (Wildman–Crippen LogP) is -0.0432. The van der Waals surface area contributed by atoms with E-state index >= 15 is 0 Å². The lowest BCUT2D eigenvalue weighted by Crippen LogP contribution is -2.44. The number of carbonyl (C=O) groups is 1. The molecular formula is C6H9F3N2O2. The molecule has 4 nitrogen and oxygen atoms in total. The number of halogens is 3. The molecule has 0 unspecified atom stereocenters. The van der Waals surface area contributed by atoms with Gasteiger partial charge in [-0.3, -0.25) is 10.1 Å². The fraction of sp³-hybridized carbons (Fsp3) is 0.833. The van der Waals surface area contributed by atoms with Crippen LogP contribution in [0.15, 0.2) is 0 Å². The average Bonchev–Trinajstić information content (AvgIpc) is 2.33. The van der Waals surface area contributed by atoms with E-state index in [1.807, 2.05) is 0 Å². The molecule has 1 amide bonds. The van der Waals surface area contributed by atoms with Crippen LogP contribution in [0.1, 0.15) is 6.92 Å². The molecule has 0 aromatic rings. The second-order valence-corrected chi connectivity index (χ2v) is 2.65. The molecule has 13 heavy (non-hydrogen) atoms. The van der Waals surface area contributed by atoms with Crippen LogP contribution in [-0.2, 0) is 9.53 Å². The summed E-state index contributed by atoms with van der Waals surface area (Å²) >= 11 is 0. The summed E-state index contributed by atoms with van der Waals surface area (Å²) in [6, 6.07) is 0. The molecule has 2 atom stereocenters. The highest BCUT2D eigenvalue weighted by Crippen LogP contribution is 2.15. The number of hydrogen-bond acceptors (Lipinski definition) is 3. The van der Waals surface area contributed by atoms with Gasteiger partial charge in [0.15, 0.2) is 0 Å². The molecule has 76 valence electrons. The third-order valence-electron chi connectivity index (χ3n) is 1.51. The zero-order chi connectivity index (χ0) is 10.1. The van der Waals surface area contributed by atoms with Crippen LogP contribution in [0.3, 0.4) is 0 Å². The summed E-state index contributed by atoms with van der Waals surface area (Å²) < 4.78 is 40.0. The van der Waals surface area contributed by atoms with Crippen LogP contribution in [0.4, 0.5) is 13.2 Å². The molecule has 0 radical (unpaired) electrons. The van der Waals surface area contributed by atoms with Crippen LogP contribution >= 0.6 is 0 Å². The fourth-order valence-electron chi connectivity index (χ4n) is 0.929. The van der Waals surface area contributed by atoms with E-state index in [1.165, 1.54) is 0 Å². The average molecular weight is 198 g/mol. The van der Waals surface area contributed by atoms with Gasteiger partial charge in [0.2, 0.25) is 0 Å². The molecule has 0 aromatic heterocycles. The van der Waals surface area contributed by atoms with Crippen molar-refractivity contribution in [3.05, 3.63) is 0 Å². The summed E-state index contributed by atoms with van der Waals surface area (Å²) in [5.41, 5.74) is 0. The highest BCUT2D eigenvalue weighted by atomic mass is 19.4.